The van der Waals surface area contributed by atoms with Gasteiger partial charge in [-0.3, -0.25) is 0 Å². The Labute approximate surface area is 119 Å². The molecule has 2 N–H and O–H groups in total. The molecule has 1 aromatic heterocycles. The van der Waals surface area contributed by atoms with Gasteiger partial charge < -0.3 is 15.0 Å². The number of hydrogen-bond donors (Lipinski definition) is 1. The molecule has 1 atom stereocenters. The van der Waals surface area contributed by atoms with E-state index in [-0.39, 0.29) is 11.6 Å². The van der Waals surface area contributed by atoms with Gasteiger partial charge in [-0.2, -0.15) is 0 Å². The highest BCUT2D eigenvalue weighted by atomic mass is 16.5. The lowest BCUT2D eigenvalue weighted by atomic mass is 9.91. The number of ether oxygens (including phenoxy) is 1. The molecule has 0 amide bonds. The molecule has 1 saturated heterocycles. The predicted molar refractivity (Wildman–Crippen MR) is 78.4 cm³/mol. The van der Waals surface area contributed by atoms with Crippen LogP contribution in [0.25, 0.3) is 0 Å². The zero-order valence-corrected chi connectivity index (χ0v) is 11.8. The molecule has 4 nitrogen and oxygen atoms in total. The fourth-order valence-corrected chi connectivity index (χ4v) is 2.87. The monoisotopic (exact) mass is 271 g/mol. The average Bonchev–Trinajstić information content (AvgIpc) is 2.98. The normalized spacial score (nSPS) is 19.7. The van der Waals surface area contributed by atoms with E-state index >= 15 is 0 Å². The fraction of sp³-hybridized carbons (Fsp3) is 0.438. The third-order valence-electron chi connectivity index (χ3n) is 4.30. The zero-order valence-electron chi connectivity index (χ0n) is 11.8. The average molecular weight is 271 g/mol. The predicted octanol–water partition coefficient (Wildman–Crippen LogP) is 2.46. The van der Waals surface area contributed by atoms with Crippen LogP contribution in [0.4, 0.5) is 0 Å². The summed E-state index contributed by atoms with van der Waals surface area (Å²) in [6.45, 7) is 3.86. The van der Waals surface area contributed by atoms with E-state index in [1.165, 1.54) is 0 Å². The number of hydrogen-bond acceptors (Lipinski definition) is 3. The van der Waals surface area contributed by atoms with Gasteiger partial charge in [0, 0.05) is 18.8 Å². The lowest BCUT2D eigenvalue weighted by molar-refractivity contribution is 0.0281. The molecule has 1 fully saturated rings. The summed E-state index contributed by atoms with van der Waals surface area (Å²) in [7, 11) is 0. The van der Waals surface area contributed by atoms with Crippen LogP contribution in [0.15, 0.2) is 42.9 Å². The molecule has 0 radical (unpaired) electrons. The summed E-state index contributed by atoms with van der Waals surface area (Å²) in [5, 5.41) is 0. The summed E-state index contributed by atoms with van der Waals surface area (Å²) in [6, 6.07) is 10.0. The number of rotatable bonds is 3. The number of aromatic nitrogens is 2. The van der Waals surface area contributed by atoms with E-state index in [4.69, 9.17) is 10.5 Å². The first-order valence-electron chi connectivity index (χ1n) is 7.12. The minimum absolute atomic E-state index is 0.0521. The molecule has 1 aromatic carbocycles. The van der Waals surface area contributed by atoms with Crippen molar-refractivity contribution in [3.05, 3.63) is 54.1 Å². The van der Waals surface area contributed by atoms with Crippen molar-refractivity contribution in [2.24, 2.45) is 5.73 Å². The molecule has 0 saturated carbocycles. The molecular formula is C16H21N3O. The maximum Gasteiger partial charge on any atom is 0.0953 e. The molecule has 0 spiro atoms. The Morgan fingerprint density at radius 3 is 2.65 bits per heavy atom. The molecule has 4 heteroatoms. The third-order valence-corrected chi connectivity index (χ3v) is 4.30. The van der Waals surface area contributed by atoms with E-state index in [0.29, 0.717) is 0 Å². The van der Waals surface area contributed by atoms with E-state index < -0.39 is 0 Å². The van der Waals surface area contributed by atoms with Gasteiger partial charge >= 0.3 is 0 Å². The summed E-state index contributed by atoms with van der Waals surface area (Å²) in [6.07, 6.45) is 5.79. The third kappa shape index (κ3) is 2.37. The van der Waals surface area contributed by atoms with Crippen LogP contribution in [0.2, 0.25) is 0 Å². The smallest absolute Gasteiger partial charge is 0.0953 e. The summed E-state index contributed by atoms with van der Waals surface area (Å²) >= 11 is 0. The summed E-state index contributed by atoms with van der Waals surface area (Å²) in [5.41, 5.74) is 8.67. The van der Waals surface area contributed by atoms with Crippen molar-refractivity contribution in [3.63, 3.8) is 0 Å². The Kier molecular flexibility index (Phi) is 3.59. The van der Waals surface area contributed by atoms with Gasteiger partial charge in [-0.25, -0.2) is 4.98 Å². The lowest BCUT2D eigenvalue weighted by Gasteiger charge is -2.37. The molecule has 2 aromatic rings. The Hall–Kier alpha value is -1.65. The molecule has 20 heavy (non-hydrogen) atoms. The highest BCUT2D eigenvalue weighted by molar-refractivity contribution is 5.27. The Morgan fingerprint density at radius 1 is 1.25 bits per heavy atom. The van der Waals surface area contributed by atoms with E-state index in [9.17, 15) is 0 Å². The zero-order chi connectivity index (χ0) is 14.0. The SMILES string of the molecule is CC1(n2cncc2C(N)c2ccccc2)CCOCC1. The standard InChI is InChI=1S/C16H21N3O/c1-16(7-9-20-10-8-16)19-12-18-11-14(19)15(17)13-5-3-2-4-6-13/h2-6,11-12,15H,7-10,17H2,1H3. The lowest BCUT2D eigenvalue weighted by Crippen LogP contribution is -2.38. The molecule has 2 heterocycles. The van der Waals surface area contributed by atoms with Crippen LogP contribution in [0.1, 0.15) is 37.1 Å². The van der Waals surface area contributed by atoms with Crippen LogP contribution in [0.3, 0.4) is 0 Å². The van der Waals surface area contributed by atoms with Gasteiger partial charge in [-0.15, -0.1) is 0 Å². The minimum atomic E-state index is -0.140. The molecular weight excluding hydrogens is 250 g/mol. The van der Waals surface area contributed by atoms with Crippen LogP contribution in [-0.2, 0) is 10.3 Å². The van der Waals surface area contributed by atoms with Gasteiger partial charge in [-0.05, 0) is 25.3 Å². The van der Waals surface area contributed by atoms with Crippen LogP contribution >= 0.6 is 0 Å². The largest absolute Gasteiger partial charge is 0.381 e. The Morgan fingerprint density at radius 2 is 1.95 bits per heavy atom. The topological polar surface area (TPSA) is 53.1 Å². The van der Waals surface area contributed by atoms with Gasteiger partial charge in [0.15, 0.2) is 0 Å². The van der Waals surface area contributed by atoms with Crippen molar-refractivity contribution in [1.82, 2.24) is 9.55 Å². The number of imidazole rings is 1. The highest BCUT2D eigenvalue weighted by Gasteiger charge is 2.32. The fourth-order valence-electron chi connectivity index (χ4n) is 2.87. The first-order valence-corrected chi connectivity index (χ1v) is 7.12. The maximum atomic E-state index is 6.44. The van der Waals surface area contributed by atoms with Crippen molar-refractivity contribution in [1.29, 1.82) is 0 Å². The van der Waals surface area contributed by atoms with Crippen LogP contribution < -0.4 is 5.73 Å². The first kappa shape index (κ1) is 13.3. The van der Waals surface area contributed by atoms with E-state index in [0.717, 1.165) is 37.3 Å². The van der Waals surface area contributed by atoms with Crippen molar-refractivity contribution in [2.75, 3.05) is 13.2 Å². The molecule has 3 rings (SSSR count). The summed E-state index contributed by atoms with van der Waals surface area (Å²) in [4.78, 5) is 4.33. The van der Waals surface area contributed by atoms with E-state index in [1.54, 1.807) is 0 Å². The Bertz CT molecular complexity index is 558. The highest BCUT2D eigenvalue weighted by Crippen LogP contribution is 2.32. The van der Waals surface area contributed by atoms with Gasteiger partial charge in [0.1, 0.15) is 0 Å². The maximum absolute atomic E-state index is 6.44. The first-order chi connectivity index (χ1) is 9.71. The molecule has 0 bridgehead atoms. The molecule has 1 aliphatic heterocycles. The minimum Gasteiger partial charge on any atom is -0.381 e. The van der Waals surface area contributed by atoms with Crippen LogP contribution in [0.5, 0.6) is 0 Å². The number of nitrogens with two attached hydrogens (primary N) is 1. The van der Waals surface area contributed by atoms with Gasteiger partial charge in [0.25, 0.3) is 0 Å². The van der Waals surface area contributed by atoms with Crippen molar-refractivity contribution in [3.8, 4) is 0 Å². The molecule has 1 aliphatic rings. The van der Waals surface area contributed by atoms with Crippen molar-refractivity contribution in [2.45, 2.75) is 31.3 Å². The van der Waals surface area contributed by atoms with E-state index in [2.05, 4.69) is 28.6 Å². The van der Waals surface area contributed by atoms with Crippen molar-refractivity contribution < 1.29 is 4.74 Å². The summed E-state index contributed by atoms with van der Waals surface area (Å²) in [5.74, 6) is 0. The number of benzene rings is 1. The molecule has 1 unspecified atom stereocenters. The van der Waals surface area contributed by atoms with E-state index in [1.807, 2.05) is 30.7 Å². The van der Waals surface area contributed by atoms with Gasteiger partial charge in [0.2, 0.25) is 0 Å². The molecule has 106 valence electrons. The van der Waals surface area contributed by atoms with Gasteiger partial charge in [0.05, 0.1) is 24.3 Å². The second-order valence-electron chi connectivity index (χ2n) is 5.69. The second kappa shape index (κ2) is 5.38. The number of nitrogens with zero attached hydrogens (tertiary/aromatic N) is 2. The van der Waals surface area contributed by atoms with Gasteiger partial charge in [-0.1, -0.05) is 30.3 Å². The van der Waals surface area contributed by atoms with Crippen molar-refractivity contribution >= 4 is 0 Å². The van der Waals surface area contributed by atoms with Crippen LogP contribution in [0, 0.1) is 0 Å². The second-order valence-corrected chi connectivity index (χ2v) is 5.69. The Balaban J connectivity index is 1.94. The molecule has 0 aliphatic carbocycles. The van der Waals surface area contributed by atoms with Crippen LogP contribution in [-0.4, -0.2) is 22.8 Å². The quantitative estimate of drug-likeness (QED) is 0.933. The summed E-state index contributed by atoms with van der Waals surface area (Å²) < 4.78 is 7.73.